The minimum Gasteiger partial charge on any atom is -0.481 e. The van der Waals surface area contributed by atoms with Crippen molar-refractivity contribution >= 4 is 28.4 Å². The summed E-state index contributed by atoms with van der Waals surface area (Å²) in [6.45, 7) is 1.97. The molecule has 2 aromatic carbocycles. The maximum absolute atomic E-state index is 13.4. The van der Waals surface area contributed by atoms with E-state index in [0.29, 0.717) is 25.1 Å². The van der Waals surface area contributed by atoms with E-state index in [-0.39, 0.29) is 12.4 Å². The third kappa shape index (κ3) is 5.82. The van der Waals surface area contributed by atoms with Crippen molar-refractivity contribution in [3.8, 4) is 5.75 Å². The molecule has 10 heteroatoms. The number of anilines is 1. The van der Waals surface area contributed by atoms with Gasteiger partial charge in [0.2, 0.25) is 5.91 Å². The van der Waals surface area contributed by atoms with Gasteiger partial charge < -0.3 is 9.64 Å². The molecule has 0 aliphatic carbocycles. The van der Waals surface area contributed by atoms with Crippen molar-refractivity contribution in [2.45, 2.75) is 32.0 Å². The van der Waals surface area contributed by atoms with Crippen LogP contribution < -0.4 is 20.5 Å². The summed E-state index contributed by atoms with van der Waals surface area (Å²) >= 11 is 0. The molecule has 1 fully saturated rings. The molecule has 1 saturated heterocycles. The van der Waals surface area contributed by atoms with Crippen molar-refractivity contribution in [2.75, 3.05) is 18.0 Å². The number of hydrazine groups is 1. The number of hydrogen-bond donors (Lipinski definition) is 2. The number of carbonyl (C=O) groups excluding carboxylic acids is 2. The van der Waals surface area contributed by atoms with E-state index in [9.17, 15) is 22.8 Å². The average molecular weight is 486 g/mol. The fourth-order valence-electron chi connectivity index (χ4n) is 4.08. The van der Waals surface area contributed by atoms with Crippen molar-refractivity contribution in [3.63, 3.8) is 0 Å². The summed E-state index contributed by atoms with van der Waals surface area (Å²) in [4.78, 5) is 30.5. The lowest BCUT2D eigenvalue weighted by molar-refractivity contribution is -0.137. The summed E-state index contributed by atoms with van der Waals surface area (Å²) in [5.74, 6) is -1.33. The highest BCUT2D eigenvalue weighted by molar-refractivity contribution is 5.86. The molecule has 0 saturated carbocycles. The van der Waals surface area contributed by atoms with Gasteiger partial charge in [-0.1, -0.05) is 30.3 Å². The monoisotopic (exact) mass is 486 g/mol. The Morgan fingerprint density at radius 2 is 1.86 bits per heavy atom. The van der Waals surface area contributed by atoms with E-state index in [4.69, 9.17) is 4.74 Å². The lowest BCUT2D eigenvalue weighted by atomic mass is 9.97. The van der Waals surface area contributed by atoms with Gasteiger partial charge in [0.15, 0.2) is 6.10 Å². The molecule has 1 aliphatic heterocycles. The quantitative estimate of drug-likeness (QED) is 0.531. The van der Waals surface area contributed by atoms with E-state index in [1.165, 1.54) is 17.2 Å². The van der Waals surface area contributed by atoms with Crippen LogP contribution in [0.1, 0.15) is 25.3 Å². The molecule has 0 bridgehead atoms. The number of nitrogens with zero attached hydrogens (tertiary/aromatic N) is 2. The van der Waals surface area contributed by atoms with Crippen molar-refractivity contribution in [1.29, 1.82) is 0 Å². The summed E-state index contributed by atoms with van der Waals surface area (Å²) in [5, 5.41) is 2.01. The lowest BCUT2D eigenvalue weighted by Gasteiger charge is -2.34. The van der Waals surface area contributed by atoms with E-state index in [1.807, 2.05) is 36.4 Å². The highest BCUT2D eigenvalue weighted by Gasteiger charge is 2.37. The number of ether oxygens (including phenoxy) is 1. The number of fused-ring (bicyclic) bond motifs is 1. The number of pyridine rings is 1. The van der Waals surface area contributed by atoms with Crippen LogP contribution in [0.5, 0.6) is 5.75 Å². The molecule has 35 heavy (non-hydrogen) atoms. The van der Waals surface area contributed by atoms with Gasteiger partial charge in [0.1, 0.15) is 11.6 Å². The van der Waals surface area contributed by atoms with Crippen molar-refractivity contribution in [2.24, 2.45) is 5.92 Å². The minimum atomic E-state index is -4.55. The Labute approximate surface area is 200 Å². The second-order valence-electron chi connectivity index (χ2n) is 8.41. The van der Waals surface area contributed by atoms with Crippen molar-refractivity contribution in [3.05, 3.63) is 66.4 Å². The third-order valence-electron chi connectivity index (χ3n) is 5.90. The number of alkyl halides is 3. The van der Waals surface area contributed by atoms with Crippen LogP contribution >= 0.6 is 0 Å². The van der Waals surface area contributed by atoms with E-state index in [0.717, 1.165) is 16.8 Å². The number of rotatable bonds is 5. The molecule has 2 heterocycles. The first-order chi connectivity index (χ1) is 16.7. The number of piperidine rings is 1. The third-order valence-corrected chi connectivity index (χ3v) is 5.90. The van der Waals surface area contributed by atoms with E-state index in [1.54, 1.807) is 13.0 Å². The molecule has 2 atom stereocenters. The van der Waals surface area contributed by atoms with Crippen LogP contribution in [0.25, 0.3) is 10.8 Å². The molecule has 1 aliphatic rings. The van der Waals surface area contributed by atoms with Crippen LogP contribution in [0.2, 0.25) is 0 Å². The molecule has 2 unspecified atom stereocenters. The lowest BCUT2D eigenvalue weighted by Crippen LogP contribution is -2.51. The van der Waals surface area contributed by atoms with Gasteiger partial charge in [-0.2, -0.15) is 13.2 Å². The highest BCUT2D eigenvalue weighted by Crippen LogP contribution is 2.36. The minimum absolute atomic E-state index is 0.0605. The Hall–Kier alpha value is -3.82. The van der Waals surface area contributed by atoms with Crippen LogP contribution in [0.4, 0.5) is 19.0 Å². The molecular weight excluding hydrogens is 461 g/mol. The number of carbonyl (C=O) groups is 2. The maximum Gasteiger partial charge on any atom is 0.419 e. The molecule has 3 aromatic rings. The fraction of sp³-hybridized carbons (Fsp3) is 0.320. The smallest absolute Gasteiger partial charge is 0.419 e. The summed E-state index contributed by atoms with van der Waals surface area (Å²) in [7, 11) is 0. The number of benzene rings is 2. The zero-order chi connectivity index (χ0) is 25.0. The fourth-order valence-corrected chi connectivity index (χ4v) is 4.08. The molecule has 7 nitrogen and oxygen atoms in total. The van der Waals surface area contributed by atoms with Gasteiger partial charge in [-0.25, -0.2) is 4.98 Å². The molecule has 1 aromatic heterocycles. The van der Waals surface area contributed by atoms with E-state index in [2.05, 4.69) is 15.8 Å². The summed E-state index contributed by atoms with van der Waals surface area (Å²) in [6, 6.07) is 15.4. The Bertz CT molecular complexity index is 1220. The molecule has 2 amide bonds. The van der Waals surface area contributed by atoms with Gasteiger partial charge >= 0.3 is 6.18 Å². The Morgan fingerprint density at radius 1 is 1.09 bits per heavy atom. The Balaban J connectivity index is 1.32. The topological polar surface area (TPSA) is 83.6 Å². The van der Waals surface area contributed by atoms with Crippen LogP contribution in [0, 0.1) is 5.92 Å². The predicted octanol–water partition coefficient (Wildman–Crippen LogP) is 4.08. The van der Waals surface area contributed by atoms with Gasteiger partial charge in [-0.05, 0) is 54.8 Å². The van der Waals surface area contributed by atoms with Gasteiger partial charge in [0.25, 0.3) is 5.91 Å². The Morgan fingerprint density at radius 3 is 2.63 bits per heavy atom. The zero-order valence-corrected chi connectivity index (χ0v) is 19.0. The first kappa shape index (κ1) is 24.3. The van der Waals surface area contributed by atoms with Crippen LogP contribution in [-0.4, -0.2) is 36.0 Å². The Kier molecular flexibility index (Phi) is 7.09. The van der Waals surface area contributed by atoms with Crippen molar-refractivity contribution < 1.29 is 27.5 Å². The predicted molar refractivity (Wildman–Crippen MR) is 124 cm³/mol. The van der Waals surface area contributed by atoms with Crippen LogP contribution in [0.3, 0.4) is 0 Å². The summed E-state index contributed by atoms with van der Waals surface area (Å²) in [6.07, 6.45) is -3.14. The largest absolute Gasteiger partial charge is 0.481 e. The molecule has 2 N–H and O–H groups in total. The standard InChI is InChI=1S/C25H25F3N4O3/c1-16(35-20-11-10-17-6-2-3-7-18(17)14-20)23(33)30-31-24(34)19-8-5-13-32(15-19)22-21(25(26,27)28)9-4-12-29-22/h2-4,6-7,9-12,14,16,19H,5,8,13,15H2,1H3,(H,30,33)(H,31,34). The van der Waals surface area contributed by atoms with Gasteiger partial charge in [-0.3, -0.25) is 20.4 Å². The average Bonchev–Trinajstić information content (AvgIpc) is 2.86. The SMILES string of the molecule is CC(Oc1ccc2ccccc2c1)C(=O)NNC(=O)C1CCCN(c2ncccc2C(F)(F)F)C1. The summed E-state index contributed by atoms with van der Waals surface area (Å²) < 4.78 is 45.8. The molecule has 184 valence electrons. The number of hydrogen-bond acceptors (Lipinski definition) is 5. The molecule has 4 rings (SSSR count). The van der Waals surface area contributed by atoms with Gasteiger partial charge in [0, 0.05) is 19.3 Å². The van der Waals surface area contributed by atoms with E-state index >= 15 is 0 Å². The second-order valence-corrected chi connectivity index (χ2v) is 8.41. The molecular formula is C25H25F3N4O3. The first-order valence-electron chi connectivity index (χ1n) is 11.2. The van der Waals surface area contributed by atoms with Gasteiger partial charge in [-0.15, -0.1) is 0 Å². The number of amides is 2. The van der Waals surface area contributed by atoms with Crippen LogP contribution in [0.15, 0.2) is 60.8 Å². The number of aromatic nitrogens is 1. The zero-order valence-electron chi connectivity index (χ0n) is 19.0. The first-order valence-corrected chi connectivity index (χ1v) is 11.2. The normalized spacial score (nSPS) is 17.0. The van der Waals surface area contributed by atoms with Crippen LogP contribution in [-0.2, 0) is 15.8 Å². The number of nitrogens with one attached hydrogen (secondary N) is 2. The van der Waals surface area contributed by atoms with Gasteiger partial charge in [0.05, 0.1) is 11.5 Å². The maximum atomic E-state index is 13.4. The second kappa shape index (κ2) is 10.2. The summed E-state index contributed by atoms with van der Waals surface area (Å²) in [5.41, 5.74) is 3.89. The van der Waals surface area contributed by atoms with Crippen molar-refractivity contribution in [1.82, 2.24) is 15.8 Å². The number of halogens is 3. The van der Waals surface area contributed by atoms with E-state index < -0.39 is 35.6 Å². The molecule has 0 spiro atoms. The molecule has 0 radical (unpaired) electrons. The highest BCUT2D eigenvalue weighted by atomic mass is 19.4.